The minimum atomic E-state index is -3.78. The third kappa shape index (κ3) is 4.20. The van der Waals surface area contributed by atoms with Crippen LogP contribution in [0.2, 0.25) is 0 Å². The summed E-state index contributed by atoms with van der Waals surface area (Å²) in [6.45, 7) is 1.14. The summed E-state index contributed by atoms with van der Waals surface area (Å²) in [5.41, 5.74) is 0.480. The number of ether oxygens (including phenoxy) is 1. The second-order valence-corrected chi connectivity index (χ2v) is 10.0. The normalized spacial score (nSPS) is 15.0. The SMILES string of the molecule is O=C(Nc1nc(-c2ccco2)cs1)c1cc(=O)[nH]c2ccc(S(=O)(=O)N3CCOCC3)cc12. The average Bonchev–Trinajstić information content (AvgIpc) is 3.51. The molecule has 170 valence electrons. The molecule has 0 aliphatic carbocycles. The van der Waals surface area contributed by atoms with Crippen LogP contribution in [-0.2, 0) is 14.8 Å². The molecule has 0 bridgehead atoms. The second kappa shape index (κ2) is 8.56. The Hall–Kier alpha value is -3.32. The summed E-state index contributed by atoms with van der Waals surface area (Å²) in [7, 11) is -3.78. The predicted octanol–water partition coefficient (Wildman–Crippen LogP) is 2.52. The number of H-pyrrole nitrogens is 1. The van der Waals surface area contributed by atoms with Crippen molar-refractivity contribution in [3.63, 3.8) is 0 Å². The van der Waals surface area contributed by atoms with Crippen LogP contribution in [0.4, 0.5) is 5.13 Å². The first-order valence-electron chi connectivity index (χ1n) is 9.97. The molecule has 1 aliphatic rings. The van der Waals surface area contributed by atoms with Gasteiger partial charge < -0.3 is 14.1 Å². The van der Waals surface area contributed by atoms with Crippen LogP contribution in [0.5, 0.6) is 0 Å². The number of carbonyl (C=O) groups excluding carboxylic acids is 1. The summed E-state index contributed by atoms with van der Waals surface area (Å²) in [4.78, 5) is 32.2. The summed E-state index contributed by atoms with van der Waals surface area (Å²) in [5.74, 6) is -0.0151. The largest absolute Gasteiger partial charge is 0.463 e. The van der Waals surface area contributed by atoms with Crippen LogP contribution in [-0.4, -0.2) is 54.9 Å². The molecule has 5 rings (SSSR count). The highest BCUT2D eigenvalue weighted by atomic mass is 32.2. The zero-order valence-corrected chi connectivity index (χ0v) is 18.7. The van der Waals surface area contributed by atoms with Gasteiger partial charge in [0, 0.05) is 35.4 Å². The van der Waals surface area contributed by atoms with E-state index in [4.69, 9.17) is 9.15 Å². The number of carbonyl (C=O) groups is 1. The molecular weight excluding hydrogens is 468 g/mol. The number of benzene rings is 1. The summed E-state index contributed by atoms with van der Waals surface area (Å²) in [6, 6.07) is 8.94. The molecule has 0 saturated carbocycles. The molecule has 1 saturated heterocycles. The molecule has 1 aliphatic heterocycles. The number of morpholine rings is 1. The average molecular weight is 487 g/mol. The van der Waals surface area contributed by atoms with E-state index in [1.54, 1.807) is 17.5 Å². The molecule has 2 N–H and O–H groups in total. The Bertz CT molecular complexity index is 1480. The van der Waals surface area contributed by atoms with Crippen LogP contribution in [0.3, 0.4) is 0 Å². The van der Waals surface area contributed by atoms with Gasteiger partial charge in [0.05, 0.1) is 29.9 Å². The minimum Gasteiger partial charge on any atom is -0.463 e. The van der Waals surface area contributed by atoms with E-state index in [0.717, 1.165) is 6.07 Å². The third-order valence-electron chi connectivity index (χ3n) is 5.17. The van der Waals surface area contributed by atoms with Crippen molar-refractivity contribution >= 4 is 43.3 Å². The van der Waals surface area contributed by atoms with E-state index in [2.05, 4.69) is 15.3 Å². The molecule has 0 radical (unpaired) electrons. The first-order valence-corrected chi connectivity index (χ1v) is 12.3. The molecule has 1 amide bonds. The summed E-state index contributed by atoms with van der Waals surface area (Å²) in [5, 5.41) is 5.04. The van der Waals surface area contributed by atoms with Gasteiger partial charge in [-0.3, -0.25) is 14.9 Å². The van der Waals surface area contributed by atoms with Gasteiger partial charge in [-0.1, -0.05) is 0 Å². The zero-order valence-electron chi connectivity index (χ0n) is 17.1. The fourth-order valence-electron chi connectivity index (χ4n) is 3.55. The maximum atomic E-state index is 13.1. The van der Waals surface area contributed by atoms with Crippen molar-refractivity contribution < 1.29 is 22.4 Å². The molecule has 1 aromatic carbocycles. The Morgan fingerprint density at radius 2 is 2.00 bits per heavy atom. The Labute approximate surface area is 191 Å². The van der Waals surface area contributed by atoms with Crippen molar-refractivity contribution in [2.24, 2.45) is 0 Å². The maximum Gasteiger partial charge on any atom is 0.258 e. The molecule has 0 unspecified atom stereocenters. The highest BCUT2D eigenvalue weighted by Crippen LogP contribution is 2.27. The van der Waals surface area contributed by atoms with E-state index in [-0.39, 0.29) is 23.5 Å². The van der Waals surface area contributed by atoms with Gasteiger partial charge in [0.1, 0.15) is 5.69 Å². The molecule has 4 heterocycles. The Morgan fingerprint density at radius 3 is 2.76 bits per heavy atom. The van der Waals surface area contributed by atoms with E-state index in [1.807, 2.05) is 0 Å². The van der Waals surface area contributed by atoms with Crippen LogP contribution in [0.25, 0.3) is 22.4 Å². The van der Waals surface area contributed by atoms with Gasteiger partial charge in [0.15, 0.2) is 10.9 Å². The van der Waals surface area contributed by atoms with Crippen molar-refractivity contribution in [1.29, 1.82) is 0 Å². The molecule has 3 aromatic heterocycles. The fourth-order valence-corrected chi connectivity index (χ4v) is 5.68. The number of hydrogen-bond acceptors (Lipinski definition) is 8. The number of aromatic amines is 1. The number of amides is 1. The number of furan rings is 1. The van der Waals surface area contributed by atoms with E-state index in [9.17, 15) is 18.0 Å². The quantitative estimate of drug-likeness (QED) is 0.443. The number of thiazole rings is 1. The van der Waals surface area contributed by atoms with Crippen LogP contribution >= 0.6 is 11.3 Å². The molecule has 0 atom stereocenters. The number of nitrogens with one attached hydrogen (secondary N) is 2. The van der Waals surface area contributed by atoms with Crippen molar-refractivity contribution in [1.82, 2.24) is 14.3 Å². The minimum absolute atomic E-state index is 0.0346. The fraction of sp³-hybridized carbons (Fsp3) is 0.190. The molecule has 1 fully saturated rings. The number of nitrogens with zero attached hydrogens (tertiary/aromatic N) is 2. The molecule has 33 heavy (non-hydrogen) atoms. The molecule has 10 nitrogen and oxygen atoms in total. The molecular formula is C21H18N4O6S2. The van der Waals surface area contributed by atoms with Gasteiger partial charge >= 0.3 is 0 Å². The van der Waals surface area contributed by atoms with Crippen molar-refractivity contribution in [3.8, 4) is 11.5 Å². The maximum absolute atomic E-state index is 13.1. The van der Waals surface area contributed by atoms with Gasteiger partial charge in [0.2, 0.25) is 15.6 Å². The van der Waals surface area contributed by atoms with Crippen LogP contribution in [0.1, 0.15) is 10.4 Å². The lowest BCUT2D eigenvalue weighted by atomic mass is 10.1. The first kappa shape index (κ1) is 21.5. The van der Waals surface area contributed by atoms with Crippen molar-refractivity contribution in [3.05, 3.63) is 64.0 Å². The number of aromatic nitrogens is 2. The Balaban J connectivity index is 1.50. The van der Waals surface area contributed by atoms with Crippen LogP contribution in [0.15, 0.2) is 62.1 Å². The number of fused-ring (bicyclic) bond motifs is 1. The number of rotatable bonds is 5. The summed E-state index contributed by atoms with van der Waals surface area (Å²) in [6.07, 6.45) is 1.53. The number of hydrogen-bond donors (Lipinski definition) is 2. The second-order valence-electron chi connectivity index (χ2n) is 7.24. The first-order chi connectivity index (χ1) is 15.9. The molecule has 0 spiro atoms. The molecule has 4 aromatic rings. The van der Waals surface area contributed by atoms with Crippen molar-refractivity contribution in [2.45, 2.75) is 4.90 Å². The van der Waals surface area contributed by atoms with Gasteiger partial charge in [-0.25, -0.2) is 13.4 Å². The summed E-state index contributed by atoms with van der Waals surface area (Å²) >= 11 is 1.20. The van der Waals surface area contributed by atoms with Crippen LogP contribution < -0.4 is 10.9 Å². The van der Waals surface area contributed by atoms with Gasteiger partial charge in [0.25, 0.3) is 5.91 Å². The van der Waals surface area contributed by atoms with E-state index >= 15 is 0 Å². The zero-order chi connectivity index (χ0) is 23.0. The number of pyridine rings is 1. The Kier molecular flexibility index (Phi) is 5.58. The third-order valence-corrected chi connectivity index (χ3v) is 7.82. The monoisotopic (exact) mass is 486 g/mol. The topological polar surface area (TPSA) is 135 Å². The van der Waals surface area contributed by atoms with E-state index in [1.165, 1.54) is 40.1 Å². The predicted molar refractivity (Wildman–Crippen MR) is 122 cm³/mol. The summed E-state index contributed by atoms with van der Waals surface area (Å²) < 4.78 is 38.0. The Morgan fingerprint density at radius 1 is 1.18 bits per heavy atom. The highest BCUT2D eigenvalue weighted by Gasteiger charge is 2.27. The van der Waals surface area contributed by atoms with Gasteiger partial charge in [-0.15, -0.1) is 11.3 Å². The molecule has 12 heteroatoms. The number of anilines is 1. The van der Waals surface area contributed by atoms with Crippen molar-refractivity contribution in [2.75, 3.05) is 31.6 Å². The standard InChI is InChI=1S/C21H18N4O6S2/c26-19-11-15(20(27)24-21-23-17(12-32-21)18-2-1-7-31-18)14-10-13(3-4-16(14)22-19)33(28,29)25-5-8-30-9-6-25/h1-4,7,10-12H,5-6,8-9H2,(H,22,26)(H,23,24,27). The smallest absolute Gasteiger partial charge is 0.258 e. The van der Waals surface area contributed by atoms with Crippen LogP contribution in [0, 0.1) is 0 Å². The highest BCUT2D eigenvalue weighted by molar-refractivity contribution is 7.89. The van der Waals surface area contributed by atoms with Gasteiger partial charge in [-0.05, 0) is 30.3 Å². The lowest BCUT2D eigenvalue weighted by molar-refractivity contribution is 0.0730. The number of sulfonamides is 1. The van der Waals surface area contributed by atoms with E-state index < -0.39 is 21.5 Å². The lowest BCUT2D eigenvalue weighted by Crippen LogP contribution is -2.40. The van der Waals surface area contributed by atoms with Gasteiger partial charge in [-0.2, -0.15) is 4.31 Å². The lowest BCUT2D eigenvalue weighted by Gasteiger charge is -2.26. The van der Waals surface area contributed by atoms with E-state index in [0.29, 0.717) is 40.7 Å².